The third-order valence-electron chi connectivity index (χ3n) is 4.02. The Labute approximate surface area is 105 Å². The average molecular weight is 235 g/mol. The van der Waals surface area contributed by atoms with Crippen LogP contribution in [0, 0.1) is 5.92 Å². The lowest BCUT2D eigenvalue weighted by Gasteiger charge is -2.24. The first kappa shape index (κ1) is 12.7. The Morgan fingerprint density at radius 3 is 2.47 bits per heavy atom. The number of hydrogen-bond donors (Lipinski definition) is 1. The van der Waals surface area contributed by atoms with E-state index in [4.69, 9.17) is 4.42 Å². The summed E-state index contributed by atoms with van der Waals surface area (Å²) in [5, 5.41) is 3.46. The molecule has 0 spiro atoms. The van der Waals surface area contributed by atoms with Gasteiger partial charge in [0.1, 0.15) is 11.5 Å². The van der Waals surface area contributed by atoms with Gasteiger partial charge in [0.2, 0.25) is 0 Å². The number of nitrogens with one attached hydrogen (secondary N) is 1. The van der Waals surface area contributed by atoms with Crippen molar-refractivity contribution < 1.29 is 4.42 Å². The molecule has 1 aliphatic carbocycles. The molecule has 2 rings (SSSR count). The molecule has 0 amide bonds. The summed E-state index contributed by atoms with van der Waals surface area (Å²) >= 11 is 0. The summed E-state index contributed by atoms with van der Waals surface area (Å²) < 4.78 is 5.92. The summed E-state index contributed by atoms with van der Waals surface area (Å²) in [6, 6.07) is 4.69. The van der Waals surface area contributed by atoms with E-state index in [1.807, 2.05) is 0 Å². The van der Waals surface area contributed by atoms with E-state index in [2.05, 4.69) is 31.4 Å². The Hall–Kier alpha value is -0.760. The van der Waals surface area contributed by atoms with Crippen LogP contribution in [0.5, 0.6) is 0 Å². The van der Waals surface area contributed by atoms with Crippen LogP contribution in [0.15, 0.2) is 16.5 Å². The molecule has 1 saturated carbocycles. The van der Waals surface area contributed by atoms with Crippen LogP contribution in [-0.2, 0) is 6.42 Å². The average Bonchev–Trinajstić information content (AvgIpc) is 2.66. The van der Waals surface area contributed by atoms with Crippen LogP contribution >= 0.6 is 0 Å². The predicted molar refractivity (Wildman–Crippen MR) is 71.1 cm³/mol. The first-order valence-corrected chi connectivity index (χ1v) is 7.11. The second kappa shape index (κ2) is 6.25. The van der Waals surface area contributed by atoms with Crippen molar-refractivity contribution in [2.24, 2.45) is 5.92 Å². The molecule has 1 aliphatic rings. The summed E-state index contributed by atoms with van der Waals surface area (Å²) in [5.41, 5.74) is 0. The first-order chi connectivity index (χ1) is 8.35. The van der Waals surface area contributed by atoms with Crippen molar-refractivity contribution in [2.75, 3.05) is 7.05 Å². The minimum Gasteiger partial charge on any atom is -0.464 e. The van der Waals surface area contributed by atoms with Gasteiger partial charge in [-0.05, 0) is 37.9 Å². The van der Waals surface area contributed by atoms with E-state index in [0.29, 0.717) is 6.04 Å². The fourth-order valence-electron chi connectivity index (χ4n) is 3.01. The standard InChI is InChI=1S/C15H25NO/c1-3-13-10-11-14(17-13)15(16-2)12-8-6-4-5-7-9-12/h10-12,15-16H,3-9H2,1-2H3. The summed E-state index contributed by atoms with van der Waals surface area (Å²) in [7, 11) is 2.06. The quantitative estimate of drug-likeness (QED) is 0.796. The molecule has 1 atom stereocenters. The summed E-state index contributed by atoms with van der Waals surface area (Å²) in [6.45, 7) is 2.14. The van der Waals surface area contributed by atoms with E-state index in [9.17, 15) is 0 Å². The number of hydrogen-bond acceptors (Lipinski definition) is 2. The third-order valence-corrected chi connectivity index (χ3v) is 4.02. The maximum atomic E-state index is 5.92. The van der Waals surface area contributed by atoms with Crippen molar-refractivity contribution in [1.29, 1.82) is 0 Å². The van der Waals surface area contributed by atoms with E-state index >= 15 is 0 Å². The number of furan rings is 1. The SMILES string of the molecule is CCc1ccc(C(NC)C2CCCCCC2)o1. The maximum Gasteiger partial charge on any atom is 0.121 e. The van der Waals surface area contributed by atoms with Crippen molar-refractivity contribution in [3.8, 4) is 0 Å². The highest BCUT2D eigenvalue weighted by molar-refractivity contribution is 5.11. The summed E-state index contributed by atoms with van der Waals surface area (Å²) in [6.07, 6.45) is 9.24. The van der Waals surface area contributed by atoms with Gasteiger partial charge in [-0.1, -0.05) is 32.6 Å². The fourth-order valence-corrected chi connectivity index (χ4v) is 3.01. The predicted octanol–water partition coefficient (Wildman–Crippen LogP) is 4.07. The van der Waals surface area contributed by atoms with Gasteiger partial charge in [-0.2, -0.15) is 0 Å². The lowest BCUT2D eigenvalue weighted by molar-refractivity contribution is 0.291. The molecule has 0 bridgehead atoms. The van der Waals surface area contributed by atoms with Crippen molar-refractivity contribution in [1.82, 2.24) is 5.32 Å². The molecule has 0 aromatic carbocycles. The molecular weight excluding hydrogens is 210 g/mol. The molecule has 2 heteroatoms. The molecule has 0 saturated heterocycles. The third kappa shape index (κ3) is 3.12. The van der Waals surface area contributed by atoms with Crippen molar-refractivity contribution in [2.45, 2.75) is 57.9 Å². The highest BCUT2D eigenvalue weighted by Crippen LogP contribution is 2.34. The summed E-state index contributed by atoms with van der Waals surface area (Å²) in [5.74, 6) is 2.99. The lowest BCUT2D eigenvalue weighted by atomic mass is 9.90. The van der Waals surface area contributed by atoms with Crippen molar-refractivity contribution >= 4 is 0 Å². The molecule has 17 heavy (non-hydrogen) atoms. The smallest absolute Gasteiger partial charge is 0.121 e. The van der Waals surface area contributed by atoms with Crippen molar-refractivity contribution in [3.05, 3.63) is 23.7 Å². The largest absolute Gasteiger partial charge is 0.464 e. The Morgan fingerprint density at radius 2 is 1.94 bits per heavy atom. The van der Waals surface area contributed by atoms with Gasteiger partial charge in [-0.3, -0.25) is 0 Å². The van der Waals surface area contributed by atoms with Gasteiger partial charge < -0.3 is 9.73 Å². The molecule has 0 radical (unpaired) electrons. The van der Waals surface area contributed by atoms with E-state index in [-0.39, 0.29) is 0 Å². The minimum atomic E-state index is 0.411. The Bertz CT molecular complexity index is 323. The van der Waals surface area contributed by atoms with Crippen molar-refractivity contribution in [3.63, 3.8) is 0 Å². The van der Waals surface area contributed by atoms with Crippen LogP contribution in [-0.4, -0.2) is 7.05 Å². The van der Waals surface area contributed by atoms with E-state index in [1.165, 1.54) is 38.5 Å². The monoisotopic (exact) mass is 235 g/mol. The highest BCUT2D eigenvalue weighted by atomic mass is 16.3. The van der Waals surface area contributed by atoms with Gasteiger partial charge in [-0.25, -0.2) is 0 Å². The van der Waals surface area contributed by atoms with Crippen LogP contribution in [0.4, 0.5) is 0 Å². The molecule has 96 valence electrons. The van der Waals surface area contributed by atoms with Crippen LogP contribution in [0.1, 0.15) is 63.0 Å². The maximum absolute atomic E-state index is 5.92. The normalized spacial score (nSPS) is 20.1. The van der Waals surface area contributed by atoms with Crippen LogP contribution in [0.25, 0.3) is 0 Å². The second-order valence-electron chi connectivity index (χ2n) is 5.18. The van der Waals surface area contributed by atoms with Gasteiger partial charge in [0.25, 0.3) is 0 Å². The van der Waals surface area contributed by atoms with E-state index in [0.717, 1.165) is 23.9 Å². The molecule has 0 aliphatic heterocycles. The minimum absolute atomic E-state index is 0.411. The summed E-state index contributed by atoms with van der Waals surface area (Å²) in [4.78, 5) is 0. The van der Waals surface area contributed by atoms with Crippen LogP contribution < -0.4 is 5.32 Å². The van der Waals surface area contributed by atoms with Gasteiger partial charge in [0.05, 0.1) is 6.04 Å². The molecule has 1 N–H and O–H groups in total. The van der Waals surface area contributed by atoms with Crippen LogP contribution in [0.2, 0.25) is 0 Å². The molecular formula is C15H25NO. The highest BCUT2D eigenvalue weighted by Gasteiger charge is 2.25. The Balaban J connectivity index is 2.08. The number of rotatable bonds is 4. The molecule has 1 unspecified atom stereocenters. The molecule has 2 nitrogen and oxygen atoms in total. The van der Waals surface area contributed by atoms with Crippen LogP contribution in [0.3, 0.4) is 0 Å². The lowest BCUT2D eigenvalue weighted by Crippen LogP contribution is -2.24. The number of aryl methyl sites for hydroxylation is 1. The molecule has 1 aromatic heterocycles. The van der Waals surface area contributed by atoms with Gasteiger partial charge in [-0.15, -0.1) is 0 Å². The molecule has 1 fully saturated rings. The second-order valence-corrected chi connectivity index (χ2v) is 5.18. The van der Waals surface area contributed by atoms with E-state index in [1.54, 1.807) is 0 Å². The van der Waals surface area contributed by atoms with E-state index < -0.39 is 0 Å². The zero-order chi connectivity index (χ0) is 12.1. The van der Waals surface area contributed by atoms with Gasteiger partial charge >= 0.3 is 0 Å². The topological polar surface area (TPSA) is 25.2 Å². The van der Waals surface area contributed by atoms with Gasteiger partial charge in [0.15, 0.2) is 0 Å². The first-order valence-electron chi connectivity index (χ1n) is 7.11. The Kier molecular flexibility index (Phi) is 4.66. The zero-order valence-corrected chi connectivity index (χ0v) is 11.2. The Morgan fingerprint density at radius 1 is 1.24 bits per heavy atom. The zero-order valence-electron chi connectivity index (χ0n) is 11.2. The molecule has 1 aromatic rings. The van der Waals surface area contributed by atoms with Gasteiger partial charge in [0, 0.05) is 6.42 Å². The fraction of sp³-hybridized carbons (Fsp3) is 0.733. The molecule has 1 heterocycles.